The number of fused-ring (bicyclic) bond motifs is 1. The van der Waals surface area contributed by atoms with Gasteiger partial charge in [0.15, 0.2) is 0 Å². The van der Waals surface area contributed by atoms with Crippen LogP contribution in [0.3, 0.4) is 0 Å². The molecule has 0 saturated carbocycles. The molecule has 2 nitrogen and oxygen atoms in total. The lowest BCUT2D eigenvalue weighted by atomic mass is 10.1. The Kier molecular flexibility index (Phi) is 2.46. The maximum Gasteiger partial charge on any atom is 0.127 e. The summed E-state index contributed by atoms with van der Waals surface area (Å²) in [4.78, 5) is 0. The zero-order valence-electron chi connectivity index (χ0n) is 9.00. The highest BCUT2D eigenvalue weighted by atomic mass is 16.5. The first-order valence-corrected chi connectivity index (χ1v) is 5.17. The molecule has 1 N–H and O–H groups in total. The van der Waals surface area contributed by atoms with Gasteiger partial charge in [-0.1, -0.05) is 32.0 Å². The summed E-state index contributed by atoms with van der Waals surface area (Å²) in [7, 11) is 0. The standard InChI is InChI=1S/C12H17NO/c1-8(2)13-11-7-14-12-9(3)5-4-6-10(11)12/h4-6,8,11,13H,7H2,1-3H3. The number of nitrogens with one attached hydrogen (secondary N) is 1. The molecule has 76 valence electrons. The van der Waals surface area contributed by atoms with E-state index in [-0.39, 0.29) is 0 Å². The molecule has 1 aromatic rings. The Labute approximate surface area is 85.3 Å². The van der Waals surface area contributed by atoms with E-state index in [1.165, 1.54) is 11.1 Å². The number of rotatable bonds is 2. The van der Waals surface area contributed by atoms with Crippen molar-refractivity contribution >= 4 is 0 Å². The van der Waals surface area contributed by atoms with E-state index in [1.54, 1.807) is 0 Å². The van der Waals surface area contributed by atoms with Crippen molar-refractivity contribution in [3.63, 3.8) is 0 Å². The monoisotopic (exact) mass is 191 g/mol. The van der Waals surface area contributed by atoms with Gasteiger partial charge in [-0.2, -0.15) is 0 Å². The molecule has 1 heterocycles. The zero-order valence-corrected chi connectivity index (χ0v) is 9.00. The minimum Gasteiger partial charge on any atom is -0.491 e. The van der Waals surface area contributed by atoms with E-state index in [2.05, 4.69) is 44.3 Å². The van der Waals surface area contributed by atoms with Gasteiger partial charge in [-0.05, 0) is 12.5 Å². The summed E-state index contributed by atoms with van der Waals surface area (Å²) in [6.45, 7) is 7.18. The Hall–Kier alpha value is -1.02. The van der Waals surface area contributed by atoms with Gasteiger partial charge in [-0.15, -0.1) is 0 Å². The van der Waals surface area contributed by atoms with Crippen molar-refractivity contribution in [2.75, 3.05) is 6.61 Å². The van der Waals surface area contributed by atoms with Crippen molar-refractivity contribution in [3.8, 4) is 5.75 Å². The van der Waals surface area contributed by atoms with Crippen LogP contribution in [0, 0.1) is 6.92 Å². The molecule has 2 rings (SSSR count). The Morgan fingerprint density at radius 2 is 2.21 bits per heavy atom. The fourth-order valence-electron chi connectivity index (χ4n) is 1.94. The average molecular weight is 191 g/mol. The Bertz CT molecular complexity index is 333. The summed E-state index contributed by atoms with van der Waals surface area (Å²) in [6, 6.07) is 7.20. The second-order valence-corrected chi connectivity index (χ2v) is 4.18. The minimum absolute atomic E-state index is 0.366. The summed E-state index contributed by atoms with van der Waals surface area (Å²) in [5, 5.41) is 3.50. The van der Waals surface area contributed by atoms with E-state index in [0.29, 0.717) is 12.1 Å². The molecule has 0 fully saturated rings. The SMILES string of the molecule is Cc1cccc2c1OCC2NC(C)C. The topological polar surface area (TPSA) is 21.3 Å². The van der Waals surface area contributed by atoms with Crippen LogP contribution in [0.1, 0.15) is 31.0 Å². The molecular weight excluding hydrogens is 174 g/mol. The maximum atomic E-state index is 5.68. The van der Waals surface area contributed by atoms with Gasteiger partial charge in [-0.3, -0.25) is 0 Å². The van der Waals surface area contributed by atoms with Crippen molar-refractivity contribution in [2.45, 2.75) is 32.9 Å². The van der Waals surface area contributed by atoms with Gasteiger partial charge in [0.05, 0.1) is 6.04 Å². The lowest BCUT2D eigenvalue weighted by Gasteiger charge is -2.14. The average Bonchev–Trinajstić information content (AvgIpc) is 2.49. The predicted octanol–water partition coefficient (Wildman–Crippen LogP) is 2.43. The van der Waals surface area contributed by atoms with Gasteiger partial charge in [0.1, 0.15) is 12.4 Å². The largest absolute Gasteiger partial charge is 0.491 e. The molecule has 0 bridgehead atoms. The number of para-hydroxylation sites is 1. The van der Waals surface area contributed by atoms with Crippen LogP contribution in [-0.4, -0.2) is 12.6 Å². The second kappa shape index (κ2) is 3.62. The third-order valence-corrected chi connectivity index (χ3v) is 2.55. The summed E-state index contributed by atoms with van der Waals surface area (Å²) in [6.07, 6.45) is 0. The number of ether oxygens (including phenoxy) is 1. The zero-order chi connectivity index (χ0) is 10.1. The lowest BCUT2D eigenvalue weighted by Crippen LogP contribution is -2.28. The van der Waals surface area contributed by atoms with Crippen LogP contribution in [0.25, 0.3) is 0 Å². The molecule has 1 unspecified atom stereocenters. The van der Waals surface area contributed by atoms with E-state index in [9.17, 15) is 0 Å². The van der Waals surface area contributed by atoms with Crippen LogP contribution >= 0.6 is 0 Å². The molecule has 1 aliphatic heterocycles. The highest BCUT2D eigenvalue weighted by Crippen LogP contribution is 2.34. The molecule has 0 radical (unpaired) electrons. The van der Waals surface area contributed by atoms with Crippen molar-refractivity contribution in [3.05, 3.63) is 29.3 Å². The minimum atomic E-state index is 0.366. The van der Waals surface area contributed by atoms with Crippen LogP contribution < -0.4 is 10.1 Å². The third kappa shape index (κ3) is 1.62. The highest BCUT2D eigenvalue weighted by molar-refractivity contribution is 5.45. The van der Waals surface area contributed by atoms with Crippen molar-refractivity contribution in [2.24, 2.45) is 0 Å². The van der Waals surface area contributed by atoms with Crippen LogP contribution in [0.5, 0.6) is 5.75 Å². The van der Waals surface area contributed by atoms with Gasteiger partial charge in [0.25, 0.3) is 0 Å². The van der Waals surface area contributed by atoms with Gasteiger partial charge in [0.2, 0.25) is 0 Å². The molecule has 14 heavy (non-hydrogen) atoms. The van der Waals surface area contributed by atoms with Crippen LogP contribution in [0.4, 0.5) is 0 Å². The fourth-order valence-corrected chi connectivity index (χ4v) is 1.94. The summed E-state index contributed by atoms with van der Waals surface area (Å²) in [5.41, 5.74) is 2.54. The van der Waals surface area contributed by atoms with Crippen molar-refractivity contribution in [1.82, 2.24) is 5.32 Å². The molecule has 1 atom stereocenters. The van der Waals surface area contributed by atoms with Crippen LogP contribution in [0.15, 0.2) is 18.2 Å². The maximum absolute atomic E-state index is 5.68. The molecule has 1 aliphatic rings. The first-order valence-electron chi connectivity index (χ1n) is 5.17. The molecule has 0 amide bonds. The molecule has 2 heteroatoms. The van der Waals surface area contributed by atoms with Gasteiger partial charge in [-0.25, -0.2) is 0 Å². The normalized spacial score (nSPS) is 19.6. The molecule has 0 spiro atoms. The van der Waals surface area contributed by atoms with Crippen LogP contribution in [0.2, 0.25) is 0 Å². The predicted molar refractivity (Wildman–Crippen MR) is 57.7 cm³/mol. The van der Waals surface area contributed by atoms with E-state index in [1.807, 2.05) is 0 Å². The molecule has 0 aliphatic carbocycles. The fraction of sp³-hybridized carbons (Fsp3) is 0.500. The summed E-state index contributed by atoms with van der Waals surface area (Å²) in [5.74, 6) is 1.07. The van der Waals surface area contributed by atoms with Gasteiger partial charge in [0, 0.05) is 11.6 Å². The lowest BCUT2D eigenvalue weighted by molar-refractivity contribution is 0.302. The molecule has 1 aromatic carbocycles. The number of hydrogen-bond acceptors (Lipinski definition) is 2. The Balaban J connectivity index is 2.26. The van der Waals surface area contributed by atoms with E-state index in [4.69, 9.17) is 4.74 Å². The first-order chi connectivity index (χ1) is 6.68. The summed E-state index contributed by atoms with van der Waals surface area (Å²) >= 11 is 0. The smallest absolute Gasteiger partial charge is 0.127 e. The Morgan fingerprint density at radius 1 is 1.43 bits per heavy atom. The number of aryl methyl sites for hydroxylation is 1. The first kappa shape index (κ1) is 9.53. The highest BCUT2D eigenvalue weighted by Gasteiger charge is 2.25. The van der Waals surface area contributed by atoms with Gasteiger partial charge < -0.3 is 10.1 Å². The van der Waals surface area contributed by atoms with E-state index < -0.39 is 0 Å². The molecule has 0 saturated heterocycles. The third-order valence-electron chi connectivity index (χ3n) is 2.55. The molecule has 0 aromatic heterocycles. The molecular formula is C12H17NO. The quantitative estimate of drug-likeness (QED) is 0.775. The van der Waals surface area contributed by atoms with E-state index >= 15 is 0 Å². The summed E-state index contributed by atoms with van der Waals surface area (Å²) < 4.78 is 5.68. The van der Waals surface area contributed by atoms with E-state index in [0.717, 1.165) is 12.4 Å². The van der Waals surface area contributed by atoms with Gasteiger partial charge >= 0.3 is 0 Å². The Morgan fingerprint density at radius 3 is 2.93 bits per heavy atom. The van der Waals surface area contributed by atoms with Crippen molar-refractivity contribution in [1.29, 1.82) is 0 Å². The number of hydrogen-bond donors (Lipinski definition) is 1. The second-order valence-electron chi connectivity index (χ2n) is 4.18. The van der Waals surface area contributed by atoms with Crippen LogP contribution in [-0.2, 0) is 0 Å². The van der Waals surface area contributed by atoms with Crippen molar-refractivity contribution < 1.29 is 4.74 Å². The number of benzene rings is 1.